The van der Waals surface area contributed by atoms with Crippen molar-refractivity contribution in [1.29, 1.82) is 0 Å². The van der Waals surface area contributed by atoms with Crippen LogP contribution in [0.5, 0.6) is 0 Å². The lowest BCUT2D eigenvalue weighted by molar-refractivity contribution is -0.150. The number of hydrogen-bond donors (Lipinski definition) is 4. The lowest BCUT2D eigenvalue weighted by Crippen LogP contribution is -2.71. The number of aromatic nitrogens is 4. The number of nitrogens with two attached hydrogens (primary N) is 1. The minimum Gasteiger partial charge on any atom is -0.477 e. The molecule has 5 N–H and O–H groups in total. The second kappa shape index (κ2) is 7.88. The average Bonchev–Trinajstić information content (AvgIpc) is 3.30. The predicted octanol–water partition coefficient (Wildman–Crippen LogP) is -0.258. The molecular weight excluding hydrogens is 410 g/mol. The smallest absolute Gasteiger partial charge is 0.352 e. The molecule has 2 aliphatic rings. The summed E-state index contributed by atoms with van der Waals surface area (Å²) in [5.41, 5.74) is 7.06. The van der Waals surface area contributed by atoms with Crippen molar-refractivity contribution in [3.8, 4) is 0 Å². The fourth-order valence-electron chi connectivity index (χ4n) is 3.54. The van der Waals surface area contributed by atoms with E-state index < -0.39 is 41.2 Å². The summed E-state index contributed by atoms with van der Waals surface area (Å²) in [6, 6.07) is 7.05. The summed E-state index contributed by atoms with van der Waals surface area (Å²) in [5, 5.41) is 25.4. The molecule has 3 heterocycles. The Kier molecular flexibility index (Phi) is 5.26. The van der Waals surface area contributed by atoms with Gasteiger partial charge < -0.3 is 16.2 Å². The van der Waals surface area contributed by atoms with E-state index in [0.29, 0.717) is 22.7 Å². The van der Waals surface area contributed by atoms with Gasteiger partial charge >= 0.3 is 5.97 Å². The van der Waals surface area contributed by atoms with Crippen LogP contribution in [0.3, 0.4) is 0 Å². The van der Waals surface area contributed by atoms with Crippen molar-refractivity contribution in [2.75, 3.05) is 5.75 Å². The van der Waals surface area contributed by atoms with Crippen LogP contribution in [0.4, 0.5) is 0 Å². The molecule has 2 aromatic rings. The second-order valence-electron chi connectivity index (χ2n) is 6.97. The number of nitrogens with one attached hydrogen (secondary N) is 2. The first-order valence-electron chi connectivity index (χ1n) is 9.15. The number of carboxylic acid groups (broad SMARTS) is 1. The van der Waals surface area contributed by atoms with Crippen molar-refractivity contribution in [2.45, 2.75) is 30.3 Å². The van der Waals surface area contributed by atoms with Crippen LogP contribution in [-0.2, 0) is 14.4 Å². The molecule has 2 aliphatic heterocycles. The first kappa shape index (κ1) is 20.0. The van der Waals surface area contributed by atoms with E-state index in [1.165, 1.54) is 16.7 Å². The number of tetrazole rings is 1. The molecule has 4 atom stereocenters. The summed E-state index contributed by atoms with van der Waals surface area (Å²) in [6.07, 6.45) is 0. The summed E-state index contributed by atoms with van der Waals surface area (Å²) in [4.78, 5) is 38.5. The summed E-state index contributed by atoms with van der Waals surface area (Å²) in [6.45, 7) is 1.77. The number of hydrogen-bond acceptors (Lipinski definition) is 8. The van der Waals surface area contributed by atoms with Gasteiger partial charge in [-0.3, -0.25) is 14.5 Å². The standard InChI is InChI=1S/C18H19N7O4S/c1-8(14-21-23-24-22-14)10-7-30-17-12(16(27)25(17)13(10)18(28)29)20-15(26)11(19)9-5-3-2-4-6-9/h2-6,8,11-12,17H,7,19H2,1H3,(H,20,26)(H,28,29)(H,21,22,23,24)/t8?,11-,12?,17-/m0/s1. The van der Waals surface area contributed by atoms with E-state index in [4.69, 9.17) is 5.73 Å². The van der Waals surface area contributed by atoms with E-state index in [1.807, 2.05) is 6.07 Å². The van der Waals surface area contributed by atoms with Gasteiger partial charge in [0.25, 0.3) is 5.91 Å². The Morgan fingerprint density at radius 2 is 2.10 bits per heavy atom. The van der Waals surface area contributed by atoms with E-state index in [2.05, 4.69) is 25.9 Å². The van der Waals surface area contributed by atoms with Crippen LogP contribution in [0.15, 0.2) is 41.6 Å². The van der Waals surface area contributed by atoms with Gasteiger partial charge in [-0.1, -0.05) is 37.3 Å². The highest BCUT2D eigenvalue weighted by Crippen LogP contribution is 2.43. The molecule has 2 amide bonds. The fourth-order valence-corrected chi connectivity index (χ4v) is 5.02. The van der Waals surface area contributed by atoms with Crippen molar-refractivity contribution >= 4 is 29.5 Å². The van der Waals surface area contributed by atoms with Crippen LogP contribution in [-0.4, -0.2) is 65.6 Å². The van der Waals surface area contributed by atoms with E-state index in [0.717, 1.165) is 0 Å². The highest BCUT2D eigenvalue weighted by molar-refractivity contribution is 8.00. The van der Waals surface area contributed by atoms with Crippen LogP contribution in [0.1, 0.15) is 30.3 Å². The maximum absolute atomic E-state index is 12.8. The molecule has 0 bridgehead atoms. The molecule has 4 rings (SSSR count). The van der Waals surface area contributed by atoms with Crippen LogP contribution in [0.25, 0.3) is 0 Å². The number of aliphatic carboxylic acids is 1. The number of H-pyrrole nitrogens is 1. The Morgan fingerprint density at radius 3 is 2.73 bits per heavy atom. The van der Waals surface area contributed by atoms with E-state index in [1.54, 1.807) is 31.2 Å². The molecule has 12 heteroatoms. The van der Waals surface area contributed by atoms with Gasteiger partial charge in [-0.15, -0.1) is 16.9 Å². The Balaban J connectivity index is 1.53. The van der Waals surface area contributed by atoms with Crippen molar-refractivity contribution in [2.24, 2.45) is 5.73 Å². The van der Waals surface area contributed by atoms with Crippen LogP contribution < -0.4 is 11.1 Å². The molecule has 1 saturated heterocycles. The lowest BCUT2D eigenvalue weighted by atomic mass is 9.95. The fraction of sp³-hybridized carbons (Fsp3) is 0.333. The maximum atomic E-state index is 12.8. The quantitative estimate of drug-likeness (QED) is 0.452. The molecule has 0 radical (unpaired) electrons. The first-order chi connectivity index (χ1) is 14.4. The van der Waals surface area contributed by atoms with Crippen molar-refractivity contribution < 1.29 is 19.5 Å². The number of rotatable bonds is 6. The highest BCUT2D eigenvalue weighted by atomic mass is 32.2. The number of nitrogens with zero attached hydrogens (tertiary/aromatic N) is 4. The number of benzene rings is 1. The largest absolute Gasteiger partial charge is 0.477 e. The van der Waals surface area contributed by atoms with Gasteiger partial charge in [0.1, 0.15) is 23.2 Å². The minimum atomic E-state index is -1.21. The number of thioether (sulfide) groups is 1. The van der Waals surface area contributed by atoms with Gasteiger partial charge in [0.15, 0.2) is 5.82 Å². The van der Waals surface area contributed by atoms with Gasteiger partial charge in [-0.25, -0.2) is 9.89 Å². The third kappa shape index (κ3) is 3.33. The SMILES string of the molecule is CC(C1=C(C(=O)O)N2C(=O)C(NC(=O)[C@@H](N)c3ccccc3)[C@@H]2SC1)c1nnn[nH]1. The number of β-lactam (4-membered cyclic amide) rings is 1. The summed E-state index contributed by atoms with van der Waals surface area (Å²) < 4.78 is 0. The number of amides is 2. The van der Waals surface area contributed by atoms with Crippen molar-refractivity contribution in [3.63, 3.8) is 0 Å². The van der Waals surface area contributed by atoms with E-state index in [9.17, 15) is 19.5 Å². The maximum Gasteiger partial charge on any atom is 0.352 e. The van der Waals surface area contributed by atoms with Gasteiger partial charge in [-0.05, 0) is 21.6 Å². The van der Waals surface area contributed by atoms with Gasteiger partial charge in [0.2, 0.25) is 5.91 Å². The zero-order chi connectivity index (χ0) is 21.4. The van der Waals surface area contributed by atoms with Gasteiger partial charge in [-0.2, -0.15) is 0 Å². The zero-order valence-electron chi connectivity index (χ0n) is 15.8. The number of carboxylic acids is 1. The predicted molar refractivity (Wildman–Crippen MR) is 106 cm³/mol. The van der Waals surface area contributed by atoms with Gasteiger partial charge in [0.05, 0.1) is 0 Å². The normalized spacial score (nSPS) is 22.7. The molecule has 30 heavy (non-hydrogen) atoms. The molecule has 1 aromatic heterocycles. The molecule has 0 saturated carbocycles. The molecule has 1 fully saturated rings. The Hall–Kier alpha value is -3.25. The Labute approximate surface area is 175 Å². The van der Waals surface area contributed by atoms with Crippen LogP contribution >= 0.6 is 11.8 Å². The third-order valence-corrected chi connectivity index (χ3v) is 6.54. The number of carbonyl (C=O) groups excluding carboxylic acids is 2. The summed E-state index contributed by atoms with van der Waals surface area (Å²) in [5.74, 6) is -1.84. The topological polar surface area (TPSA) is 167 Å². The average molecular weight is 429 g/mol. The molecule has 0 aliphatic carbocycles. The summed E-state index contributed by atoms with van der Waals surface area (Å²) in [7, 11) is 0. The van der Waals surface area contributed by atoms with Crippen LogP contribution in [0, 0.1) is 0 Å². The third-order valence-electron chi connectivity index (χ3n) is 5.23. The number of aromatic amines is 1. The number of fused-ring (bicyclic) bond motifs is 1. The minimum absolute atomic E-state index is 0.0921. The summed E-state index contributed by atoms with van der Waals surface area (Å²) >= 11 is 1.38. The molecule has 11 nitrogen and oxygen atoms in total. The Bertz CT molecular complexity index is 1010. The number of carbonyl (C=O) groups is 3. The first-order valence-corrected chi connectivity index (χ1v) is 10.2. The molecule has 0 spiro atoms. The molecule has 2 unspecified atom stereocenters. The van der Waals surface area contributed by atoms with Crippen molar-refractivity contribution in [3.05, 3.63) is 53.0 Å². The highest BCUT2D eigenvalue weighted by Gasteiger charge is 2.55. The molecule has 156 valence electrons. The monoisotopic (exact) mass is 429 g/mol. The van der Waals surface area contributed by atoms with E-state index in [-0.39, 0.29) is 5.70 Å². The van der Waals surface area contributed by atoms with Gasteiger partial charge in [0, 0.05) is 11.7 Å². The lowest BCUT2D eigenvalue weighted by Gasteiger charge is -2.50. The second-order valence-corrected chi connectivity index (χ2v) is 8.08. The van der Waals surface area contributed by atoms with Crippen LogP contribution in [0.2, 0.25) is 0 Å². The molecular formula is C18H19N7O4S. The Morgan fingerprint density at radius 1 is 1.37 bits per heavy atom. The zero-order valence-corrected chi connectivity index (χ0v) is 16.7. The molecule has 1 aromatic carbocycles. The van der Waals surface area contributed by atoms with E-state index >= 15 is 0 Å². The van der Waals surface area contributed by atoms with Crippen molar-refractivity contribution in [1.82, 2.24) is 30.8 Å².